The monoisotopic (exact) mass is 557 g/mol. The quantitative estimate of drug-likeness (QED) is 0.277. The van der Waals surface area contributed by atoms with Gasteiger partial charge in [-0.05, 0) is 53.0 Å². The van der Waals surface area contributed by atoms with E-state index >= 15 is 0 Å². The third-order valence-corrected chi connectivity index (χ3v) is 4.91. The van der Waals surface area contributed by atoms with E-state index in [1.54, 1.807) is 0 Å². The summed E-state index contributed by atoms with van der Waals surface area (Å²) in [7, 11) is 0. The minimum atomic E-state index is -1.75. The van der Waals surface area contributed by atoms with Gasteiger partial charge in [0.05, 0.1) is 15.9 Å². The summed E-state index contributed by atoms with van der Waals surface area (Å²) in [5.74, 6) is 1.05. The largest absolute Gasteiger partial charge is 2.00 e. The number of nitrogens with one attached hydrogen (secondary N) is 1. The second-order valence-corrected chi connectivity index (χ2v) is 7.44. The minimum absolute atomic E-state index is 0. The number of hydrogen-bond donors (Lipinski definition) is 1. The fourth-order valence-corrected chi connectivity index (χ4v) is 3.62. The molecule has 0 bridgehead atoms. The van der Waals surface area contributed by atoms with Crippen LogP contribution in [0.3, 0.4) is 0 Å². The molecule has 1 aliphatic carbocycles. The van der Waals surface area contributed by atoms with Crippen molar-refractivity contribution in [1.82, 2.24) is 14.4 Å². The molecule has 3 aromatic heterocycles. The fraction of sp³-hybridized carbons (Fsp3) is 0.333. The van der Waals surface area contributed by atoms with Gasteiger partial charge in [-0.25, -0.2) is 4.98 Å². The second kappa shape index (κ2) is 13.5. The molecule has 0 atom stereocenters. The minimum Gasteiger partial charge on any atom is -0.367 e. The van der Waals surface area contributed by atoms with Crippen LogP contribution in [0.2, 0.25) is 0 Å². The molecule has 32 heavy (non-hydrogen) atoms. The van der Waals surface area contributed by atoms with Gasteiger partial charge in [-0.1, -0.05) is 25.3 Å². The number of rotatable bonds is 3. The Balaban J connectivity index is 0.000000497. The van der Waals surface area contributed by atoms with E-state index in [0.717, 1.165) is 27.3 Å². The summed E-state index contributed by atoms with van der Waals surface area (Å²) in [4.78, 5) is 25.8. The zero-order valence-electron chi connectivity index (χ0n) is 16.5. The summed E-state index contributed by atoms with van der Waals surface area (Å²) in [6.07, 6.45) is 10.3. The van der Waals surface area contributed by atoms with Crippen LogP contribution in [0.1, 0.15) is 32.1 Å². The first-order valence-electron chi connectivity index (χ1n) is 9.26. The maximum atomic E-state index is 8.25. The van der Waals surface area contributed by atoms with Crippen LogP contribution < -0.4 is 5.32 Å². The Labute approximate surface area is 201 Å². The van der Waals surface area contributed by atoms with Crippen LogP contribution >= 0.6 is 15.9 Å². The van der Waals surface area contributed by atoms with Crippen molar-refractivity contribution in [2.24, 2.45) is 0 Å². The normalized spacial score (nSPS) is 12.9. The molecule has 1 fully saturated rings. The summed E-state index contributed by atoms with van der Waals surface area (Å²) in [5.41, 5.74) is 2.77. The number of pyridine rings is 2. The molecular formula is C18H19BrCuN6O6. The van der Waals surface area contributed by atoms with Crippen molar-refractivity contribution in [3.05, 3.63) is 77.8 Å². The second-order valence-electron chi connectivity index (χ2n) is 6.53. The summed E-state index contributed by atoms with van der Waals surface area (Å²) in [6, 6.07) is 10.5. The first-order chi connectivity index (χ1) is 14.8. The Kier molecular flexibility index (Phi) is 11.4. The van der Waals surface area contributed by atoms with Gasteiger partial charge >= 0.3 is 17.1 Å². The van der Waals surface area contributed by atoms with E-state index in [1.807, 2.05) is 36.5 Å². The molecule has 1 N–H and O–H groups in total. The number of imidazole rings is 1. The summed E-state index contributed by atoms with van der Waals surface area (Å²) >= 11 is 3.57. The predicted molar refractivity (Wildman–Crippen MR) is 117 cm³/mol. The molecular weight excluding hydrogens is 540 g/mol. The van der Waals surface area contributed by atoms with Crippen LogP contribution in [0.4, 0.5) is 5.82 Å². The Bertz CT molecular complexity index is 996. The van der Waals surface area contributed by atoms with E-state index in [1.165, 1.54) is 32.1 Å². The molecule has 175 valence electrons. The van der Waals surface area contributed by atoms with E-state index in [2.05, 4.69) is 36.8 Å². The SMILES string of the molecule is Brc1ccc2nc(-c3ccccn3)c(NC3CCCCC3)n2c1.O=[N+]([O-])[O-].O=[N+]([O-])[O-].[Cu+2]. The van der Waals surface area contributed by atoms with Gasteiger partial charge in [0.25, 0.3) is 0 Å². The molecule has 12 nitrogen and oxygen atoms in total. The maximum absolute atomic E-state index is 8.25. The number of anilines is 1. The summed E-state index contributed by atoms with van der Waals surface area (Å²) < 4.78 is 3.17. The molecule has 14 heteroatoms. The molecule has 0 unspecified atom stereocenters. The van der Waals surface area contributed by atoms with E-state index in [9.17, 15) is 0 Å². The van der Waals surface area contributed by atoms with E-state index in [0.29, 0.717) is 6.04 Å². The molecule has 1 saturated carbocycles. The molecule has 4 rings (SSSR count). The van der Waals surface area contributed by atoms with Crippen LogP contribution in [0, 0.1) is 30.6 Å². The average molecular weight is 559 g/mol. The van der Waals surface area contributed by atoms with E-state index < -0.39 is 10.2 Å². The van der Waals surface area contributed by atoms with Gasteiger partial charge in [0.15, 0.2) is 0 Å². The fourth-order valence-electron chi connectivity index (χ4n) is 3.28. The number of hydrogen-bond acceptors (Lipinski definition) is 9. The van der Waals surface area contributed by atoms with Gasteiger partial charge in [-0.2, -0.15) is 0 Å². The number of nitrogens with zero attached hydrogens (tertiary/aromatic N) is 5. The molecule has 0 amide bonds. The van der Waals surface area contributed by atoms with E-state index in [-0.39, 0.29) is 17.1 Å². The van der Waals surface area contributed by atoms with Gasteiger partial charge < -0.3 is 36.0 Å². The Morgan fingerprint density at radius 3 is 2.19 bits per heavy atom. The van der Waals surface area contributed by atoms with Crippen molar-refractivity contribution in [1.29, 1.82) is 0 Å². The van der Waals surface area contributed by atoms with Crippen molar-refractivity contribution in [2.45, 2.75) is 38.1 Å². The molecule has 0 aliphatic heterocycles. The van der Waals surface area contributed by atoms with Gasteiger partial charge in [-0.15, -0.1) is 0 Å². The van der Waals surface area contributed by atoms with Crippen LogP contribution in [0.5, 0.6) is 0 Å². The maximum Gasteiger partial charge on any atom is 2.00 e. The van der Waals surface area contributed by atoms with Gasteiger partial charge in [0, 0.05) is 22.9 Å². The van der Waals surface area contributed by atoms with Crippen molar-refractivity contribution in [2.75, 3.05) is 5.32 Å². The summed E-state index contributed by atoms with van der Waals surface area (Å²) in [5, 5.41) is 33.2. The molecule has 3 aromatic rings. The van der Waals surface area contributed by atoms with Crippen molar-refractivity contribution in [3.8, 4) is 11.4 Å². The van der Waals surface area contributed by atoms with Crippen molar-refractivity contribution in [3.63, 3.8) is 0 Å². The van der Waals surface area contributed by atoms with E-state index in [4.69, 9.17) is 35.6 Å². The number of halogens is 1. The van der Waals surface area contributed by atoms with Crippen LogP contribution in [0.15, 0.2) is 47.2 Å². The van der Waals surface area contributed by atoms with Crippen molar-refractivity contribution < 1.29 is 27.2 Å². The third kappa shape index (κ3) is 8.65. The molecule has 0 spiro atoms. The molecule has 1 radical (unpaired) electrons. The standard InChI is InChI=1S/C18H19BrN4.Cu.2NO3/c19-13-9-10-16-22-17(15-8-4-5-11-20-15)18(23(16)12-13)21-14-6-2-1-3-7-14;;2*2-1(3)4/h4-5,8-12,14,21H,1-3,6-7H2;;;/q;+2;2*-1. The van der Waals surface area contributed by atoms with Crippen LogP contribution in [0.25, 0.3) is 17.0 Å². The van der Waals surface area contributed by atoms with Crippen LogP contribution in [-0.2, 0) is 17.1 Å². The van der Waals surface area contributed by atoms with Gasteiger partial charge in [0.1, 0.15) is 17.2 Å². The topological polar surface area (TPSA) is 175 Å². The predicted octanol–water partition coefficient (Wildman–Crippen LogP) is 4.42. The van der Waals surface area contributed by atoms with Crippen LogP contribution in [-0.4, -0.2) is 30.6 Å². The molecule has 3 heterocycles. The zero-order valence-corrected chi connectivity index (χ0v) is 19.0. The van der Waals surface area contributed by atoms with Gasteiger partial charge in [-0.3, -0.25) is 9.38 Å². The number of fused-ring (bicyclic) bond motifs is 1. The summed E-state index contributed by atoms with van der Waals surface area (Å²) in [6.45, 7) is 0. The smallest absolute Gasteiger partial charge is 0.367 e. The Hall–Kier alpha value is -2.96. The molecule has 0 saturated heterocycles. The molecule has 0 aromatic carbocycles. The zero-order chi connectivity index (χ0) is 22.8. The average Bonchev–Trinajstić information content (AvgIpc) is 3.06. The number of aromatic nitrogens is 3. The first-order valence-corrected chi connectivity index (χ1v) is 10.1. The van der Waals surface area contributed by atoms with Gasteiger partial charge in [0.2, 0.25) is 0 Å². The first kappa shape index (κ1) is 27.1. The third-order valence-electron chi connectivity index (χ3n) is 4.44. The van der Waals surface area contributed by atoms with Crippen molar-refractivity contribution >= 4 is 27.4 Å². The molecule has 1 aliphatic rings. The Morgan fingerprint density at radius 1 is 1.00 bits per heavy atom. The Morgan fingerprint density at radius 2 is 1.62 bits per heavy atom.